The zero-order valence-electron chi connectivity index (χ0n) is 4.56. The first-order chi connectivity index (χ1) is 3.79. The van der Waals surface area contributed by atoms with Crippen LogP contribution in [0.5, 0.6) is 0 Å². The summed E-state index contributed by atoms with van der Waals surface area (Å²) >= 11 is 0. The molecule has 0 amide bonds. The smallest absolute Gasteiger partial charge is 0.141 e. The van der Waals surface area contributed by atoms with E-state index in [9.17, 15) is 4.39 Å². The van der Waals surface area contributed by atoms with Gasteiger partial charge in [-0.1, -0.05) is 0 Å². The average Bonchev–Trinajstić information content (AvgIpc) is 1.64. The molecule has 0 bridgehead atoms. The fraction of sp³-hybridized carbons (Fsp3) is 0. The van der Waals surface area contributed by atoms with Gasteiger partial charge >= 0.3 is 0 Å². The molecule has 1 heterocycles. The van der Waals surface area contributed by atoms with Crippen molar-refractivity contribution in [1.82, 2.24) is 4.98 Å². The molecule has 2 heteroatoms. The zero-order chi connectivity index (χ0) is 5.98. The van der Waals surface area contributed by atoms with Crippen LogP contribution < -0.4 is 0 Å². The fourth-order valence-corrected chi connectivity index (χ4v) is 0.306. The molecular weight excluding hydrogens is 93.1 g/mol. The lowest BCUT2D eigenvalue weighted by Crippen LogP contribution is -1.70. The molecule has 1 aromatic heterocycles. The average molecular weight is 98.1 g/mol. The van der Waals surface area contributed by atoms with E-state index in [1.807, 2.05) is 0 Å². The molecule has 0 saturated heterocycles. The van der Waals surface area contributed by atoms with Gasteiger partial charge in [-0.25, -0.2) is 4.39 Å². The topological polar surface area (TPSA) is 12.9 Å². The molecule has 0 spiro atoms. The third kappa shape index (κ3) is 0.961. The van der Waals surface area contributed by atoms with Crippen molar-refractivity contribution in [3.05, 3.63) is 30.3 Å². The van der Waals surface area contributed by atoms with Crippen LogP contribution in [0, 0.1) is 5.82 Å². The van der Waals surface area contributed by atoms with E-state index in [-0.39, 0.29) is 6.04 Å². The second-order valence-corrected chi connectivity index (χ2v) is 1.10. The molecule has 0 saturated carbocycles. The van der Waals surface area contributed by atoms with Crippen LogP contribution in [-0.4, -0.2) is 4.98 Å². The van der Waals surface area contributed by atoms with Gasteiger partial charge in [0.05, 0.1) is 7.57 Å². The molecule has 0 unspecified atom stereocenters. The molecule has 0 aliphatic heterocycles. The highest BCUT2D eigenvalue weighted by Crippen LogP contribution is 1.87. The Morgan fingerprint density at radius 2 is 2.71 bits per heavy atom. The Hall–Kier alpha value is -0.920. The fourth-order valence-electron chi connectivity index (χ4n) is 0.306. The molecule has 0 radical (unpaired) electrons. The molecule has 0 fully saturated rings. The molecule has 1 nitrogen and oxygen atoms in total. The van der Waals surface area contributed by atoms with Crippen LogP contribution in [0.15, 0.2) is 24.5 Å². The van der Waals surface area contributed by atoms with E-state index in [0.29, 0.717) is 0 Å². The highest BCUT2D eigenvalue weighted by atomic mass is 19.1. The maximum Gasteiger partial charge on any atom is 0.141 e. The van der Waals surface area contributed by atoms with Crippen molar-refractivity contribution in [2.24, 2.45) is 0 Å². The lowest BCUT2D eigenvalue weighted by molar-refractivity contribution is 0.621. The third-order valence-corrected chi connectivity index (χ3v) is 0.568. The van der Waals surface area contributed by atoms with E-state index in [4.69, 9.17) is 1.37 Å². The molecular formula is C5H4FN. The van der Waals surface area contributed by atoms with E-state index in [1.54, 1.807) is 0 Å². The molecule has 0 atom stereocenters. The number of hydrogen-bond donors (Lipinski definition) is 0. The summed E-state index contributed by atoms with van der Waals surface area (Å²) in [4.78, 5) is 3.42. The summed E-state index contributed by atoms with van der Waals surface area (Å²) < 4.78 is 18.8. The van der Waals surface area contributed by atoms with Gasteiger partial charge in [-0.05, 0) is 12.1 Å². The van der Waals surface area contributed by atoms with Crippen molar-refractivity contribution in [3.63, 3.8) is 0 Å². The number of rotatable bonds is 0. The zero-order valence-corrected chi connectivity index (χ0v) is 3.56. The van der Waals surface area contributed by atoms with Crippen molar-refractivity contribution in [3.8, 4) is 0 Å². The standard InChI is InChI=1S/C5H4FN/c6-5-2-1-3-7-4-5/h1-4H/i1D. The van der Waals surface area contributed by atoms with E-state index in [1.165, 1.54) is 6.20 Å². The molecule has 0 N–H and O–H groups in total. The highest BCUT2D eigenvalue weighted by molar-refractivity contribution is 4.92. The number of nitrogens with zero attached hydrogens (tertiary/aromatic N) is 1. The summed E-state index contributed by atoms with van der Waals surface area (Å²) in [5.41, 5.74) is 0. The normalized spacial score (nSPS) is 10.7. The Bertz CT molecular complexity index is 172. The van der Waals surface area contributed by atoms with Crippen molar-refractivity contribution in [2.75, 3.05) is 0 Å². The largest absolute Gasteiger partial charge is 0.262 e. The van der Waals surface area contributed by atoms with Crippen LogP contribution in [0.1, 0.15) is 1.37 Å². The molecule has 0 aromatic carbocycles. The maximum atomic E-state index is 12.0. The molecule has 0 aliphatic rings. The second kappa shape index (κ2) is 1.69. The minimum atomic E-state index is -0.461. The van der Waals surface area contributed by atoms with Crippen LogP contribution in [0.3, 0.4) is 0 Å². The van der Waals surface area contributed by atoms with E-state index in [0.717, 1.165) is 12.3 Å². The predicted octanol–water partition coefficient (Wildman–Crippen LogP) is 1.22. The van der Waals surface area contributed by atoms with Crippen LogP contribution in [0.2, 0.25) is 0 Å². The summed E-state index contributed by atoms with van der Waals surface area (Å²) in [5.74, 6) is -0.461. The van der Waals surface area contributed by atoms with Gasteiger partial charge in [-0.3, -0.25) is 4.98 Å². The summed E-state index contributed by atoms with van der Waals surface area (Å²) in [6.07, 6.45) is 2.35. The van der Waals surface area contributed by atoms with Gasteiger partial charge in [0.1, 0.15) is 5.82 Å². The number of hydrogen-bond acceptors (Lipinski definition) is 1. The number of pyridine rings is 1. The van der Waals surface area contributed by atoms with Crippen molar-refractivity contribution in [2.45, 2.75) is 0 Å². The molecule has 7 heavy (non-hydrogen) atoms. The van der Waals surface area contributed by atoms with E-state index < -0.39 is 5.82 Å². The summed E-state index contributed by atoms with van der Waals surface area (Å²) in [6, 6.07) is 1.21. The monoisotopic (exact) mass is 98.0 g/mol. The lowest BCUT2D eigenvalue weighted by atomic mass is 10.5. The van der Waals surface area contributed by atoms with E-state index >= 15 is 0 Å². The van der Waals surface area contributed by atoms with Crippen LogP contribution >= 0.6 is 0 Å². The van der Waals surface area contributed by atoms with E-state index in [2.05, 4.69) is 4.98 Å². The molecule has 1 rings (SSSR count). The molecule has 0 aliphatic carbocycles. The third-order valence-electron chi connectivity index (χ3n) is 0.568. The Balaban J connectivity index is 3.08. The van der Waals surface area contributed by atoms with Crippen molar-refractivity contribution < 1.29 is 5.76 Å². The van der Waals surface area contributed by atoms with Crippen LogP contribution in [0.25, 0.3) is 0 Å². The number of aromatic nitrogens is 1. The minimum Gasteiger partial charge on any atom is -0.262 e. The Labute approximate surface area is 42.2 Å². The van der Waals surface area contributed by atoms with Crippen LogP contribution in [-0.2, 0) is 0 Å². The van der Waals surface area contributed by atoms with Crippen molar-refractivity contribution >= 4 is 0 Å². The maximum absolute atomic E-state index is 12.0. The summed E-state index contributed by atoms with van der Waals surface area (Å²) in [5, 5.41) is 0. The first-order valence-corrected chi connectivity index (χ1v) is 1.86. The van der Waals surface area contributed by atoms with Gasteiger partial charge in [0.15, 0.2) is 0 Å². The first kappa shape index (κ1) is 3.13. The first-order valence-electron chi connectivity index (χ1n) is 2.36. The quantitative estimate of drug-likeness (QED) is 0.475. The highest BCUT2D eigenvalue weighted by Gasteiger charge is 1.78. The summed E-state index contributed by atoms with van der Waals surface area (Å²) in [6.45, 7) is 0. The number of halogens is 1. The van der Waals surface area contributed by atoms with Gasteiger partial charge in [-0.15, -0.1) is 0 Å². The molecule has 36 valence electrons. The van der Waals surface area contributed by atoms with Gasteiger partial charge in [0, 0.05) is 6.20 Å². The Morgan fingerprint density at radius 1 is 1.86 bits per heavy atom. The Kier molecular flexibility index (Phi) is 0.754. The second-order valence-electron chi connectivity index (χ2n) is 1.10. The molecule has 1 aromatic rings. The SMILES string of the molecule is [2H]c1cncc(F)c1. The van der Waals surface area contributed by atoms with Gasteiger partial charge in [-0.2, -0.15) is 0 Å². The lowest BCUT2D eigenvalue weighted by Gasteiger charge is -1.78. The van der Waals surface area contributed by atoms with Gasteiger partial charge in [0.25, 0.3) is 0 Å². The van der Waals surface area contributed by atoms with Gasteiger partial charge < -0.3 is 0 Å². The van der Waals surface area contributed by atoms with Gasteiger partial charge in [0.2, 0.25) is 0 Å². The summed E-state index contributed by atoms with van der Waals surface area (Å²) in [7, 11) is 0. The van der Waals surface area contributed by atoms with Crippen molar-refractivity contribution in [1.29, 1.82) is 0 Å². The van der Waals surface area contributed by atoms with Crippen LogP contribution in [0.4, 0.5) is 4.39 Å². The predicted molar refractivity (Wildman–Crippen MR) is 24.2 cm³/mol. The minimum absolute atomic E-state index is 0.102. The Morgan fingerprint density at radius 3 is 3.14 bits per heavy atom.